The van der Waals surface area contributed by atoms with Crippen molar-refractivity contribution < 1.29 is 0 Å². The highest BCUT2D eigenvalue weighted by Crippen LogP contribution is 2.34. The molecule has 0 N–H and O–H groups in total. The first-order valence-corrected chi connectivity index (χ1v) is 7.11. The van der Waals surface area contributed by atoms with E-state index in [-0.39, 0.29) is 0 Å². The predicted octanol–water partition coefficient (Wildman–Crippen LogP) is 5.27. The zero-order valence-electron chi connectivity index (χ0n) is 9.50. The largest absolute Gasteiger partial charge is 0.247 e. The van der Waals surface area contributed by atoms with Crippen molar-refractivity contribution in [2.75, 3.05) is 0 Å². The third-order valence-corrected chi connectivity index (χ3v) is 4.58. The lowest BCUT2D eigenvalue weighted by Gasteiger charge is -2.07. The molecule has 2 rings (SSSR count). The molecule has 1 heterocycles. The van der Waals surface area contributed by atoms with Crippen LogP contribution in [0, 0.1) is 13.8 Å². The summed E-state index contributed by atoms with van der Waals surface area (Å²) in [6.45, 7) is 4.19. The van der Waals surface area contributed by atoms with E-state index in [0.717, 1.165) is 9.50 Å². The first kappa shape index (κ1) is 12.9. The van der Waals surface area contributed by atoms with Crippen LogP contribution >= 0.6 is 39.3 Å². The van der Waals surface area contributed by atoms with Crippen molar-refractivity contribution in [3.05, 3.63) is 51.1 Å². The van der Waals surface area contributed by atoms with Crippen molar-refractivity contribution >= 4 is 39.3 Å². The standard InChI is InChI=1S/C13H11BrClNS/c1-8-3-4-9(2)12(5-8)17-13-11(14)6-10(15)7-16-13/h3-7H,1-2H3. The first-order chi connectivity index (χ1) is 8.06. The van der Waals surface area contributed by atoms with Crippen molar-refractivity contribution in [3.63, 3.8) is 0 Å². The monoisotopic (exact) mass is 327 g/mol. The zero-order valence-corrected chi connectivity index (χ0v) is 12.7. The Morgan fingerprint density at radius 2 is 2.00 bits per heavy atom. The predicted molar refractivity (Wildman–Crippen MR) is 77.0 cm³/mol. The Kier molecular flexibility index (Phi) is 4.13. The molecule has 0 saturated heterocycles. The summed E-state index contributed by atoms with van der Waals surface area (Å²) in [5, 5.41) is 1.57. The van der Waals surface area contributed by atoms with Gasteiger partial charge in [-0.2, -0.15) is 0 Å². The molecule has 1 nitrogen and oxygen atoms in total. The van der Waals surface area contributed by atoms with Gasteiger partial charge in [0.05, 0.1) is 9.50 Å². The van der Waals surface area contributed by atoms with Gasteiger partial charge in [0, 0.05) is 11.1 Å². The first-order valence-electron chi connectivity index (χ1n) is 5.12. The van der Waals surface area contributed by atoms with Crippen LogP contribution in [-0.2, 0) is 0 Å². The summed E-state index contributed by atoms with van der Waals surface area (Å²) >= 11 is 11.0. The summed E-state index contributed by atoms with van der Waals surface area (Å²) in [4.78, 5) is 5.55. The Morgan fingerprint density at radius 3 is 2.71 bits per heavy atom. The third kappa shape index (κ3) is 3.24. The number of halogens is 2. The molecule has 0 amide bonds. The molecule has 0 bridgehead atoms. The quantitative estimate of drug-likeness (QED) is 0.745. The van der Waals surface area contributed by atoms with Crippen LogP contribution in [0.3, 0.4) is 0 Å². The number of aryl methyl sites for hydroxylation is 2. The van der Waals surface area contributed by atoms with Crippen LogP contribution < -0.4 is 0 Å². The SMILES string of the molecule is Cc1ccc(C)c(Sc2ncc(Cl)cc2Br)c1. The van der Waals surface area contributed by atoms with Crippen LogP contribution in [-0.4, -0.2) is 4.98 Å². The molecule has 1 aromatic heterocycles. The Balaban J connectivity index is 2.34. The van der Waals surface area contributed by atoms with Crippen LogP contribution in [0.25, 0.3) is 0 Å². The summed E-state index contributed by atoms with van der Waals surface area (Å²) in [5.41, 5.74) is 2.51. The molecule has 0 fully saturated rings. The van der Waals surface area contributed by atoms with E-state index in [1.807, 2.05) is 6.07 Å². The summed E-state index contributed by atoms with van der Waals surface area (Å²) in [6, 6.07) is 8.27. The van der Waals surface area contributed by atoms with Crippen LogP contribution in [0.1, 0.15) is 11.1 Å². The van der Waals surface area contributed by atoms with Gasteiger partial charge in [0.15, 0.2) is 0 Å². The Hall–Kier alpha value is -0.510. The van der Waals surface area contributed by atoms with E-state index in [2.05, 4.69) is 53.0 Å². The molecule has 0 aliphatic carbocycles. The van der Waals surface area contributed by atoms with E-state index < -0.39 is 0 Å². The Bertz CT molecular complexity index is 557. The fraction of sp³-hybridized carbons (Fsp3) is 0.154. The maximum absolute atomic E-state index is 5.87. The van der Waals surface area contributed by atoms with Gasteiger partial charge in [-0.15, -0.1) is 0 Å². The van der Waals surface area contributed by atoms with Gasteiger partial charge in [-0.3, -0.25) is 0 Å². The molecule has 0 aliphatic rings. The maximum atomic E-state index is 5.87. The van der Waals surface area contributed by atoms with E-state index >= 15 is 0 Å². The molecule has 0 radical (unpaired) electrons. The van der Waals surface area contributed by atoms with E-state index in [4.69, 9.17) is 11.6 Å². The number of benzene rings is 1. The highest BCUT2D eigenvalue weighted by molar-refractivity contribution is 9.10. The van der Waals surface area contributed by atoms with Gasteiger partial charge in [0.1, 0.15) is 5.03 Å². The zero-order chi connectivity index (χ0) is 12.4. The Labute approximate surface area is 119 Å². The summed E-state index contributed by atoms with van der Waals surface area (Å²) in [7, 11) is 0. The fourth-order valence-corrected chi connectivity index (χ4v) is 3.22. The molecule has 2 aromatic rings. The third-order valence-electron chi connectivity index (χ3n) is 2.32. The number of hydrogen-bond donors (Lipinski definition) is 0. The average Bonchev–Trinajstić information content (AvgIpc) is 2.27. The van der Waals surface area contributed by atoms with E-state index in [1.165, 1.54) is 16.0 Å². The molecular weight excluding hydrogens is 318 g/mol. The highest BCUT2D eigenvalue weighted by atomic mass is 79.9. The summed E-state index contributed by atoms with van der Waals surface area (Å²) < 4.78 is 0.927. The lowest BCUT2D eigenvalue weighted by Crippen LogP contribution is -1.85. The molecule has 1 aromatic carbocycles. The molecule has 88 valence electrons. The van der Waals surface area contributed by atoms with Gasteiger partial charge >= 0.3 is 0 Å². The van der Waals surface area contributed by atoms with Gasteiger partial charge in [-0.25, -0.2) is 4.98 Å². The van der Waals surface area contributed by atoms with E-state index in [9.17, 15) is 0 Å². The number of hydrogen-bond acceptors (Lipinski definition) is 2. The van der Waals surface area contributed by atoms with Gasteiger partial charge in [-0.05, 0) is 53.0 Å². The van der Waals surface area contributed by atoms with Crippen molar-refractivity contribution in [3.8, 4) is 0 Å². The van der Waals surface area contributed by atoms with Crippen molar-refractivity contribution in [1.82, 2.24) is 4.98 Å². The molecule has 0 aliphatic heterocycles. The average molecular weight is 329 g/mol. The van der Waals surface area contributed by atoms with Crippen LogP contribution in [0.4, 0.5) is 0 Å². The van der Waals surface area contributed by atoms with Gasteiger partial charge in [-0.1, -0.05) is 35.5 Å². The number of aromatic nitrogens is 1. The fourth-order valence-electron chi connectivity index (χ4n) is 1.40. The smallest absolute Gasteiger partial charge is 0.115 e. The highest BCUT2D eigenvalue weighted by Gasteiger charge is 2.07. The summed E-state index contributed by atoms with van der Waals surface area (Å²) in [5.74, 6) is 0. The number of nitrogens with zero attached hydrogens (tertiary/aromatic N) is 1. The van der Waals surface area contributed by atoms with E-state index in [0.29, 0.717) is 5.02 Å². The minimum Gasteiger partial charge on any atom is -0.247 e. The minimum atomic E-state index is 0.641. The van der Waals surface area contributed by atoms with Crippen molar-refractivity contribution in [2.45, 2.75) is 23.8 Å². The molecule has 4 heteroatoms. The van der Waals surface area contributed by atoms with Crippen molar-refractivity contribution in [1.29, 1.82) is 0 Å². The summed E-state index contributed by atoms with van der Waals surface area (Å²) in [6.07, 6.45) is 1.67. The minimum absolute atomic E-state index is 0.641. The van der Waals surface area contributed by atoms with Gasteiger partial charge in [0.25, 0.3) is 0 Å². The number of pyridine rings is 1. The van der Waals surface area contributed by atoms with Crippen molar-refractivity contribution in [2.24, 2.45) is 0 Å². The van der Waals surface area contributed by atoms with Gasteiger partial charge in [0.2, 0.25) is 0 Å². The molecule has 17 heavy (non-hydrogen) atoms. The molecule has 0 atom stereocenters. The second-order valence-corrected chi connectivity index (χ2v) is 6.13. The molecule has 0 unspecified atom stereocenters. The molecular formula is C13H11BrClNS. The van der Waals surface area contributed by atoms with Crippen LogP contribution in [0.15, 0.2) is 44.9 Å². The topological polar surface area (TPSA) is 12.9 Å². The second-order valence-electron chi connectivity index (χ2n) is 3.81. The maximum Gasteiger partial charge on any atom is 0.115 e. The molecule has 0 spiro atoms. The Morgan fingerprint density at radius 1 is 1.24 bits per heavy atom. The second kappa shape index (κ2) is 5.42. The van der Waals surface area contributed by atoms with Crippen LogP contribution in [0.5, 0.6) is 0 Å². The lowest BCUT2D eigenvalue weighted by atomic mass is 10.2. The van der Waals surface area contributed by atoms with Gasteiger partial charge < -0.3 is 0 Å². The van der Waals surface area contributed by atoms with Crippen LogP contribution in [0.2, 0.25) is 5.02 Å². The lowest BCUT2D eigenvalue weighted by molar-refractivity contribution is 1.10. The normalized spacial score (nSPS) is 10.6. The van der Waals surface area contributed by atoms with E-state index in [1.54, 1.807) is 18.0 Å². The molecule has 0 saturated carbocycles. The number of rotatable bonds is 2.